The molecular weight excluding hydrogens is 687 g/mol. The van der Waals surface area contributed by atoms with Gasteiger partial charge in [-0.15, -0.1) is 0 Å². The van der Waals surface area contributed by atoms with Gasteiger partial charge >= 0.3 is 17.8 Å². The highest BCUT2D eigenvalue weighted by molar-refractivity contribution is 8.04. The summed E-state index contributed by atoms with van der Waals surface area (Å²) >= 11 is 0. The van der Waals surface area contributed by atoms with Gasteiger partial charge in [-0.3, -0.25) is 0 Å². The van der Waals surface area contributed by atoms with Gasteiger partial charge in [0.2, 0.25) is 19.7 Å². The summed E-state index contributed by atoms with van der Waals surface area (Å²) in [7, 11) is -9.40. The molecule has 2 aromatic rings. The van der Waals surface area contributed by atoms with Crippen LogP contribution in [0.1, 0.15) is 79.4 Å². The van der Waals surface area contributed by atoms with Crippen LogP contribution in [0.25, 0.3) is 9.81 Å². The van der Waals surface area contributed by atoms with Crippen LogP contribution in [0.5, 0.6) is 0 Å². The monoisotopic (exact) mass is 724 g/mol. The Labute approximate surface area is 283 Å². The van der Waals surface area contributed by atoms with Crippen molar-refractivity contribution >= 4 is 29.5 Å². The highest BCUT2D eigenvalue weighted by Crippen LogP contribution is 2.67. The zero-order valence-corrected chi connectivity index (χ0v) is 30.0. The van der Waals surface area contributed by atoms with E-state index >= 15 is 26.3 Å². The van der Waals surface area contributed by atoms with Crippen LogP contribution in [-0.4, -0.2) is 34.6 Å². The maximum absolute atomic E-state index is 16.5. The lowest BCUT2D eigenvalue weighted by Gasteiger charge is -2.27. The Hall–Kier alpha value is -3.38. The topological polar surface area (TPSA) is 68.3 Å². The van der Waals surface area contributed by atoms with E-state index in [0.29, 0.717) is 0 Å². The average Bonchev–Trinajstić information content (AvgIpc) is 3.30. The predicted octanol–water partition coefficient (Wildman–Crippen LogP) is 10.3. The molecule has 0 aromatic heterocycles. The van der Waals surface area contributed by atoms with Gasteiger partial charge in [0.15, 0.2) is 0 Å². The van der Waals surface area contributed by atoms with Crippen molar-refractivity contribution in [3.8, 4) is 0 Å². The van der Waals surface area contributed by atoms with Crippen LogP contribution in [0.3, 0.4) is 0 Å². The van der Waals surface area contributed by atoms with Crippen molar-refractivity contribution in [2.45, 2.75) is 86.0 Å². The van der Waals surface area contributed by atoms with Gasteiger partial charge in [-0.25, -0.2) is 16.8 Å². The van der Waals surface area contributed by atoms with Crippen LogP contribution in [0.15, 0.2) is 104 Å². The summed E-state index contributed by atoms with van der Waals surface area (Å²) in [6, 6.07) is 14.7. The molecule has 2 aliphatic heterocycles. The molecule has 1 aliphatic carbocycles. The van der Waals surface area contributed by atoms with Gasteiger partial charge in [-0.05, 0) is 59.8 Å². The Morgan fingerprint density at radius 3 is 1.08 bits per heavy atom. The fourth-order valence-corrected chi connectivity index (χ4v) is 11.5. The summed E-state index contributed by atoms with van der Waals surface area (Å²) in [6.07, 6.45) is -0.919. The number of rotatable bonds is 6. The quantitative estimate of drug-likeness (QED) is 0.278. The van der Waals surface area contributed by atoms with Crippen molar-refractivity contribution in [1.82, 2.24) is 0 Å². The van der Waals surface area contributed by atoms with Gasteiger partial charge in [0.25, 0.3) is 0 Å². The minimum Gasteiger partial charge on any atom is -0.219 e. The van der Waals surface area contributed by atoms with Crippen molar-refractivity contribution in [1.29, 1.82) is 0 Å². The second-order valence-electron chi connectivity index (χ2n) is 15.2. The molecule has 2 heterocycles. The smallest absolute Gasteiger partial charge is 0.219 e. The highest BCUT2D eigenvalue weighted by Gasteiger charge is 2.81. The summed E-state index contributed by atoms with van der Waals surface area (Å²) in [4.78, 5) is -2.35. The highest BCUT2D eigenvalue weighted by atomic mass is 32.2. The maximum Gasteiger partial charge on any atom is 0.380 e. The van der Waals surface area contributed by atoms with Gasteiger partial charge in [0.05, 0.1) is 19.6 Å². The van der Waals surface area contributed by atoms with Crippen LogP contribution in [0, 0.1) is 10.8 Å². The number of hydrogen-bond acceptors (Lipinski definition) is 4. The molecule has 3 aliphatic rings. The predicted molar refractivity (Wildman–Crippen MR) is 180 cm³/mol. The van der Waals surface area contributed by atoms with Crippen LogP contribution in [-0.2, 0) is 19.7 Å². The van der Waals surface area contributed by atoms with E-state index in [1.807, 2.05) is 0 Å². The molecule has 264 valence electrons. The Morgan fingerprint density at radius 2 is 0.816 bits per heavy atom. The van der Waals surface area contributed by atoms with Gasteiger partial charge in [0.1, 0.15) is 0 Å². The fraction of sp³-hybridized carbons (Fsp3) is 0.405. The van der Waals surface area contributed by atoms with E-state index in [0.717, 1.165) is 13.8 Å². The summed E-state index contributed by atoms with van der Waals surface area (Å²) in [5.74, 6) is -17.3. The largest absolute Gasteiger partial charge is 0.380 e. The van der Waals surface area contributed by atoms with Crippen LogP contribution in [0.2, 0.25) is 0 Å². The first-order chi connectivity index (χ1) is 22.2. The van der Waals surface area contributed by atoms with E-state index in [9.17, 15) is 16.8 Å². The SMILES string of the molecule is CC1=C(c2ccccc2)S(=O)(=O)C(CC(C)(C)C)=C1C1=C(C2=C(CC(C)(C)C)S(=O)(=O)C(c3ccccc3)=C2C)C(F)(F)C(F)(F)C1(F)F. The van der Waals surface area contributed by atoms with E-state index < -0.39 is 114 Å². The van der Waals surface area contributed by atoms with E-state index in [1.54, 1.807) is 53.7 Å². The molecule has 0 atom stereocenters. The third-order valence-corrected chi connectivity index (χ3v) is 12.9. The van der Waals surface area contributed by atoms with Gasteiger partial charge in [0, 0.05) is 22.3 Å². The fourth-order valence-electron chi connectivity index (χ4n) is 6.86. The lowest BCUT2D eigenvalue weighted by atomic mass is 9.83. The standard InChI is InChI=1S/C37H38F6O4S2/c1-21-27(25(19-33(3,4)5)48(44,45)31(21)23-15-11-9-12-16-23)29-30(36(40,41)37(42,43)35(29,38)39)28-22(2)32(24-17-13-10-14-18-24)49(46,47)26(28)20-34(6,7)8/h9-18H,19-20H2,1-8H3. The molecular formula is C37H38F6O4S2. The molecule has 49 heavy (non-hydrogen) atoms. The molecule has 0 unspecified atom stereocenters. The molecule has 0 saturated carbocycles. The number of allylic oxidation sites excluding steroid dienone is 8. The molecule has 0 N–H and O–H groups in total. The van der Waals surface area contributed by atoms with Gasteiger partial charge < -0.3 is 0 Å². The molecule has 0 bridgehead atoms. The third kappa shape index (κ3) is 5.57. The zero-order valence-electron chi connectivity index (χ0n) is 28.4. The molecule has 4 nitrogen and oxygen atoms in total. The van der Waals surface area contributed by atoms with Crippen molar-refractivity contribution in [2.75, 3.05) is 0 Å². The second kappa shape index (κ2) is 11.3. The summed E-state index contributed by atoms with van der Waals surface area (Å²) in [5, 5.41) is 0. The van der Waals surface area contributed by atoms with Gasteiger partial charge in [-0.2, -0.15) is 26.3 Å². The number of halogens is 6. The number of benzene rings is 2. The number of alkyl halides is 6. The third-order valence-electron chi connectivity index (χ3n) is 8.80. The number of hydrogen-bond donors (Lipinski definition) is 0. The van der Waals surface area contributed by atoms with E-state index in [-0.39, 0.29) is 11.1 Å². The minimum absolute atomic E-state index is 0.0573. The molecule has 5 rings (SSSR count). The molecule has 0 spiro atoms. The Morgan fingerprint density at radius 1 is 0.531 bits per heavy atom. The minimum atomic E-state index is -6.05. The van der Waals surface area contributed by atoms with E-state index in [2.05, 4.69) is 0 Å². The van der Waals surface area contributed by atoms with Crippen molar-refractivity contribution in [2.24, 2.45) is 10.8 Å². The Balaban J connectivity index is 2.06. The molecule has 0 radical (unpaired) electrons. The van der Waals surface area contributed by atoms with E-state index in [4.69, 9.17) is 0 Å². The van der Waals surface area contributed by atoms with Crippen LogP contribution < -0.4 is 0 Å². The first kappa shape index (κ1) is 36.9. The Bertz CT molecular complexity index is 1970. The zero-order chi connectivity index (χ0) is 36.9. The molecule has 0 amide bonds. The first-order valence-corrected chi connectivity index (χ1v) is 18.6. The average molecular weight is 725 g/mol. The second-order valence-corrected chi connectivity index (χ2v) is 19.0. The summed E-state index contributed by atoms with van der Waals surface area (Å²) in [6.45, 7) is 11.9. The molecule has 0 saturated heterocycles. The van der Waals surface area contributed by atoms with Crippen LogP contribution >= 0.6 is 0 Å². The van der Waals surface area contributed by atoms with Crippen molar-refractivity contribution < 1.29 is 43.2 Å². The Kier molecular flexibility index (Phi) is 8.52. The summed E-state index contributed by atoms with van der Waals surface area (Å²) < 4.78 is 155. The molecule has 0 fully saturated rings. The van der Waals surface area contributed by atoms with Crippen molar-refractivity contribution in [3.63, 3.8) is 0 Å². The maximum atomic E-state index is 16.5. The lowest BCUT2D eigenvalue weighted by Crippen LogP contribution is -2.49. The molecule has 2 aromatic carbocycles. The lowest BCUT2D eigenvalue weighted by molar-refractivity contribution is -0.263. The first-order valence-electron chi connectivity index (χ1n) is 15.6. The van der Waals surface area contributed by atoms with Crippen molar-refractivity contribution in [3.05, 3.63) is 115 Å². The normalized spacial score (nSPS) is 23.0. The van der Waals surface area contributed by atoms with Gasteiger partial charge in [-0.1, -0.05) is 102 Å². The van der Waals surface area contributed by atoms with E-state index in [1.165, 1.54) is 48.5 Å². The number of sulfone groups is 2. The molecule has 12 heteroatoms. The van der Waals surface area contributed by atoms with Crippen LogP contribution in [0.4, 0.5) is 26.3 Å². The summed E-state index contributed by atoms with van der Waals surface area (Å²) in [5.41, 5.74) is -8.21.